The summed E-state index contributed by atoms with van der Waals surface area (Å²) in [4.78, 5) is 2.17. The Balaban J connectivity index is 2.06. The zero-order valence-corrected chi connectivity index (χ0v) is 6.99. The fourth-order valence-electron chi connectivity index (χ4n) is 1.28. The molecule has 1 atom stereocenters. The van der Waals surface area contributed by atoms with Crippen LogP contribution in [0.15, 0.2) is 0 Å². The Morgan fingerprint density at radius 1 is 1.60 bits per heavy atom. The minimum absolute atomic E-state index is 0.570. The lowest BCUT2D eigenvalue weighted by Gasteiger charge is -2.12. The van der Waals surface area contributed by atoms with Crippen molar-refractivity contribution in [3.8, 4) is 0 Å². The molecule has 0 aromatic rings. The summed E-state index contributed by atoms with van der Waals surface area (Å²) in [5, 5.41) is 0. The predicted octanol–water partition coefficient (Wildman–Crippen LogP) is 1.35. The second-order valence-corrected chi connectivity index (χ2v) is 3.21. The summed E-state index contributed by atoms with van der Waals surface area (Å²) in [7, 11) is 0. The van der Waals surface area contributed by atoms with E-state index in [2.05, 4.69) is 17.5 Å². The number of thiol groups is 1. The Morgan fingerprint density at radius 2 is 2.40 bits per heavy atom. The topological polar surface area (TPSA) is 3.24 Å². The van der Waals surface area contributed by atoms with E-state index in [0.717, 1.165) is 31.7 Å². The molecule has 1 saturated heterocycles. The van der Waals surface area contributed by atoms with Crippen LogP contribution in [0.2, 0.25) is 0 Å². The van der Waals surface area contributed by atoms with E-state index < -0.39 is 6.17 Å². The van der Waals surface area contributed by atoms with Crippen molar-refractivity contribution >= 4 is 12.6 Å². The van der Waals surface area contributed by atoms with Gasteiger partial charge in [-0.3, -0.25) is 0 Å². The first-order chi connectivity index (χ1) is 4.83. The van der Waals surface area contributed by atoms with Crippen molar-refractivity contribution in [2.45, 2.75) is 19.0 Å². The van der Waals surface area contributed by atoms with Crippen LogP contribution in [0, 0.1) is 0 Å². The maximum absolute atomic E-state index is 12.5. The van der Waals surface area contributed by atoms with Gasteiger partial charge in [0.05, 0.1) is 0 Å². The first kappa shape index (κ1) is 8.34. The lowest BCUT2D eigenvalue weighted by atomic mass is 10.3. The molecule has 10 heavy (non-hydrogen) atoms. The summed E-state index contributed by atoms with van der Waals surface area (Å²) in [5.74, 6) is 0.910. The lowest BCUT2D eigenvalue weighted by molar-refractivity contribution is 0.289. The first-order valence-corrected chi connectivity index (χ1v) is 4.43. The molecule has 0 radical (unpaired) electrons. The van der Waals surface area contributed by atoms with Crippen LogP contribution < -0.4 is 0 Å². The maximum Gasteiger partial charge on any atom is 0.114 e. The van der Waals surface area contributed by atoms with E-state index >= 15 is 0 Å². The van der Waals surface area contributed by atoms with Gasteiger partial charge < -0.3 is 4.90 Å². The summed E-state index contributed by atoms with van der Waals surface area (Å²) in [6, 6.07) is 0. The monoisotopic (exact) mass is 163 g/mol. The van der Waals surface area contributed by atoms with Gasteiger partial charge in [0.1, 0.15) is 6.17 Å². The number of alkyl halides is 1. The Bertz CT molecular complexity index is 99.6. The number of nitrogens with zero attached hydrogens (tertiary/aromatic N) is 1. The number of rotatable bonds is 3. The Labute approximate surface area is 67.0 Å². The number of halogens is 1. The standard InChI is InChI=1S/C7H14FNS/c8-7-2-4-9(6-7)3-1-5-10/h7,10H,1-6H2/t7-/m0/s1. The molecule has 0 unspecified atom stereocenters. The van der Waals surface area contributed by atoms with Crippen LogP contribution in [0.3, 0.4) is 0 Å². The Kier molecular flexibility index (Phi) is 3.49. The molecular formula is C7H14FNS. The van der Waals surface area contributed by atoms with E-state index in [-0.39, 0.29) is 0 Å². The van der Waals surface area contributed by atoms with Crippen molar-refractivity contribution in [2.24, 2.45) is 0 Å². The third-order valence-electron chi connectivity index (χ3n) is 1.85. The van der Waals surface area contributed by atoms with Crippen LogP contribution >= 0.6 is 12.6 Å². The summed E-state index contributed by atoms with van der Waals surface area (Å²) in [5.41, 5.74) is 0. The van der Waals surface area contributed by atoms with Gasteiger partial charge in [-0.05, 0) is 25.1 Å². The number of hydrogen-bond donors (Lipinski definition) is 1. The molecule has 1 nitrogen and oxygen atoms in total. The molecule has 1 heterocycles. The van der Waals surface area contributed by atoms with Crippen molar-refractivity contribution in [2.75, 3.05) is 25.4 Å². The average molecular weight is 163 g/mol. The molecular weight excluding hydrogens is 149 g/mol. The second-order valence-electron chi connectivity index (χ2n) is 2.76. The normalized spacial score (nSPS) is 27.6. The lowest BCUT2D eigenvalue weighted by Crippen LogP contribution is -2.22. The van der Waals surface area contributed by atoms with E-state index in [1.165, 1.54) is 0 Å². The van der Waals surface area contributed by atoms with Gasteiger partial charge in [0, 0.05) is 13.1 Å². The molecule has 1 rings (SSSR count). The molecule has 1 aliphatic rings. The molecule has 0 N–H and O–H groups in total. The van der Waals surface area contributed by atoms with E-state index in [1.54, 1.807) is 0 Å². The van der Waals surface area contributed by atoms with Gasteiger partial charge in [0.15, 0.2) is 0 Å². The number of hydrogen-bond acceptors (Lipinski definition) is 2. The molecule has 3 heteroatoms. The minimum atomic E-state index is -0.570. The fraction of sp³-hybridized carbons (Fsp3) is 1.00. The summed E-state index contributed by atoms with van der Waals surface area (Å²) in [6.45, 7) is 2.60. The molecule has 1 aliphatic heterocycles. The van der Waals surface area contributed by atoms with Crippen LogP contribution in [0.5, 0.6) is 0 Å². The molecule has 0 saturated carbocycles. The van der Waals surface area contributed by atoms with Crippen LogP contribution in [0.1, 0.15) is 12.8 Å². The van der Waals surface area contributed by atoms with Crippen molar-refractivity contribution in [3.63, 3.8) is 0 Å². The van der Waals surface area contributed by atoms with Crippen LogP contribution in [-0.2, 0) is 0 Å². The summed E-state index contributed by atoms with van der Waals surface area (Å²) in [6.07, 6.45) is 1.24. The molecule has 0 aromatic carbocycles. The molecule has 60 valence electrons. The van der Waals surface area contributed by atoms with Crippen molar-refractivity contribution < 1.29 is 4.39 Å². The van der Waals surface area contributed by atoms with Crippen molar-refractivity contribution in [3.05, 3.63) is 0 Å². The van der Waals surface area contributed by atoms with Gasteiger partial charge in [-0.2, -0.15) is 12.6 Å². The van der Waals surface area contributed by atoms with Crippen LogP contribution in [0.4, 0.5) is 4.39 Å². The fourth-order valence-corrected chi connectivity index (χ4v) is 1.42. The molecule has 0 aliphatic carbocycles. The van der Waals surface area contributed by atoms with Crippen molar-refractivity contribution in [1.29, 1.82) is 0 Å². The molecule has 0 spiro atoms. The van der Waals surface area contributed by atoms with E-state index in [4.69, 9.17) is 0 Å². The van der Waals surface area contributed by atoms with Crippen LogP contribution in [0.25, 0.3) is 0 Å². The molecule has 1 fully saturated rings. The molecule has 0 aromatic heterocycles. The first-order valence-electron chi connectivity index (χ1n) is 3.80. The van der Waals surface area contributed by atoms with Gasteiger partial charge in [0.2, 0.25) is 0 Å². The smallest absolute Gasteiger partial charge is 0.114 e. The van der Waals surface area contributed by atoms with Gasteiger partial charge in [0.25, 0.3) is 0 Å². The van der Waals surface area contributed by atoms with Crippen molar-refractivity contribution in [1.82, 2.24) is 4.90 Å². The molecule has 0 amide bonds. The molecule has 0 bridgehead atoms. The van der Waals surface area contributed by atoms with Gasteiger partial charge in [-0.25, -0.2) is 4.39 Å². The third kappa shape index (κ3) is 2.46. The maximum atomic E-state index is 12.5. The van der Waals surface area contributed by atoms with E-state index in [9.17, 15) is 4.39 Å². The van der Waals surface area contributed by atoms with Gasteiger partial charge >= 0.3 is 0 Å². The van der Waals surface area contributed by atoms with Gasteiger partial charge in [-0.15, -0.1) is 0 Å². The SMILES string of the molecule is F[C@H]1CCN(CCCS)C1. The zero-order valence-electron chi connectivity index (χ0n) is 6.09. The third-order valence-corrected chi connectivity index (χ3v) is 2.16. The largest absolute Gasteiger partial charge is 0.300 e. The average Bonchev–Trinajstić information content (AvgIpc) is 2.31. The quantitative estimate of drug-likeness (QED) is 0.615. The predicted molar refractivity (Wildman–Crippen MR) is 44.4 cm³/mol. The Morgan fingerprint density at radius 3 is 2.90 bits per heavy atom. The summed E-state index contributed by atoms with van der Waals surface area (Å²) < 4.78 is 12.5. The second kappa shape index (κ2) is 4.19. The highest BCUT2D eigenvalue weighted by molar-refractivity contribution is 7.80. The highest BCUT2D eigenvalue weighted by atomic mass is 32.1. The van der Waals surface area contributed by atoms with Gasteiger partial charge in [-0.1, -0.05) is 0 Å². The number of likely N-dealkylation sites (tertiary alicyclic amines) is 1. The Hall–Kier alpha value is 0.240. The minimum Gasteiger partial charge on any atom is -0.300 e. The zero-order chi connectivity index (χ0) is 7.40. The van der Waals surface area contributed by atoms with E-state index in [0.29, 0.717) is 6.54 Å². The van der Waals surface area contributed by atoms with E-state index in [1.807, 2.05) is 0 Å². The highest BCUT2D eigenvalue weighted by Crippen LogP contribution is 2.11. The van der Waals surface area contributed by atoms with Crippen LogP contribution in [-0.4, -0.2) is 36.5 Å². The highest BCUT2D eigenvalue weighted by Gasteiger charge is 2.20. The summed E-state index contributed by atoms with van der Waals surface area (Å²) >= 11 is 4.10.